The zero-order valence-electron chi connectivity index (χ0n) is 12.5. The van der Waals surface area contributed by atoms with Crippen LogP contribution in [0.5, 0.6) is 5.75 Å². The number of hydrogen-bond acceptors (Lipinski definition) is 4. The molecule has 22 heavy (non-hydrogen) atoms. The third-order valence-electron chi connectivity index (χ3n) is 4.41. The molecule has 1 heterocycles. The summed E-state index contributed by atoms with van der Waals surface area (Å²) in [4.78, 5) is -0.0305. The van der Waals surface area contributed by atoms with Gasteiger partial charge in [0.05, 0.1) is 30.8 Å². The van der Waals surface area contributed by atoms with E-state index in [2.05, 4.69) is 0 Å². The number of hydrogen-bond donors (Lipinski definition) is 0. The normalized spacial score (nSPS) is 26.5. The van der Waals surface area contributed by atoms with Crippen LogP contribution in [0.3, 0.4) is 0 Å². The minimum Gasteiger partial charge on any atom is -0.494 e. The molecule has 0 bridgehead atoms. The lowest BCUT2D eigenvalue weighted by Gasteiger charge is -2.42. The van der Waals surface area contributed by atoms with Crippen molar-refractivity contribution in [3.05, 3.63) is 24.0 Å². The van der Waals surface area contributed by atoms with E-state index in [-0.39, 0.29) is 22.8 Å². The summed E-state index contributed by atoms with van der Waals surface area (Å²) in [5.41, 5.74) is 0. The van der Waals surface area contributed by atoms with Crippen molar-refractivity contribution in [2.45, 2.75) is 42.7 Å². The lowest BCUT2D eigenvalue weighted by molar-refractivity contribution is -0.0586. The Morgan fingerprint density at radius 1 is 1.32 bits per heavy atom. The number of rotatable bonds is 3. The Kier molecular flexibility index (Phi) is 4.38. The van der Waals surface area contributed by atoms with Gasteiger partial charge in [0.25, 0.3) is 0 Å². The van der Waals surface area contributed by atoms with Gasteiger partial charge in [-0.2, -0.15) is 4.31 Å². The van der Waals surface area contributed by atoms with E-state index >= 15 is 0 Å². The van der Waals surface area contributed by atoms with Gasteiger partial charge in [0.1, 0.15) is 0 Å². The molecule has 0 amide bonds. The van der Waals surface area contributed by atoms with E-state index in [1.807, 2.05) is 0 Å². The standard InChI is InChI=1S/C15H20FNO4S/c1-20-14-7-6-11(10-12(14)16)22(18,19)17-8-9-21-15-5-3-2-4-13(15)17/h6-7,10,13,15H,2-5,8-9H2,1H3/t13-,15+/m1/s1. The zero-order chi connectivity index (χ0) is 15.7. The lowest BCUT2D eigenvalue weighted by atomic mass is 9.91. The van der Waals surface area contributed by atoms with Crippen LogP contribution in [0.4, 0.5) is 4.39 Å². The van der Waals surface area contributed by atoms with Gasteiger partial charge in [-0.15, -0.1) is 0 Å². The first-order chi connectivity index (χ1) is 10.5. The molecule has 1 saturated carbocycles. The van der Waals surface area contributed by atoms with E-state index in [1.165, 1.54) is 23.5 Å². The highest BCUT2D eigenvalue weighted by molar-refractivity contribution is 7.89. The highest BCUT2D eigenvalue weighted by atomic mass is 32.2. The van der Waals surface area contributed by atoms with E-state index < -0.39 is 15.8 Å². The second-order valence-corrected chi connectivity index (χ2v) is 7.56. The average molecular weight is 329 g/mol. The van der Waals surface area contributed by atoms with Gasteiger partial charge in [0.15, 0.2) is 11.6 Å². The summed E-state index contributed by atoms with van der Waals surface area (Å²) < 4.78 is 51.6. The molecule has 2 fully saturated rings. The SMILES string of the molecule is COc1ccc(S(=O)(=O)N2CCO[C@H]3CCCC[C@H]32)cc1F. The topological polar surface area (TPSA) is 55.8 Å². The van der Waals surface area contributed by atoms with Gasteiger partial charge in [-0.05, 0) is 31.0 Å². The van der Waals surface area contributed by atoms with E-state index in [0.29, 0.717) is 13.2 Å². The predicted molar refractivity (Wildman–Crippen MR) is 78.8 cm³/mol. The number of sulfonamides is 1. The third kappa shape index (κ3) is 2.73. The largest absolute Gasteiger partial charge is 0.494 e. The maximum absolute atomic E-state index is 13.8. The number of benzene rings is 1. The molecule has 2 atom stereocenters. The van der Waals surface area contributed by atoms with Crippen LogP contribution in [0.25, 0.3) is 0 Å². The second kappa shape index (κ2) is 6.14. The van der Waals surface area contributed by atoms with E-state index in [0.717, 1.165) is 31.7 Å². The summed E-state index contributed by atoms with van der Waals surface area (Å²) in [5.74, 6) is -0.631. The van der Waals surface area contributed by atoms with Crippen LogP contribution in [0.2, 0.25) is 0 Å². The van der Waals surface area contributed by atoms with Gasteiger partial charge in [-0.3, -0.25) is 0 Å². The molecule has 0 spiro atoms. The van der Waals surface area contributed by atoms with Crippen LogP contribution in [0.15, 0.2) is 23.1 Å². The van der Waals surface area contributed by atoms with Crippen molar-refractivity contribution in [2.24, 2.45) is 0 Å². The van der Waals surface area contributed by atoms with Crippen LogP contribution in [-0.2, 0) is 14.8 Å². The molecule has 0 aromatic heterocycles. The Labute approximate surface area is 130 Å². The summed E-state index contributed by atoms with van der Waals surface area (Å²) in [5, 5.41) is 0. The molecule has 3 rings (SSSR count). The molecule has 0 unspecified atom stereocenters. The molecule has 0 radical (unpaired) electrons. The third-order valence-corrected chi connectivity index (χ3v) is 6.33. The molecule has 7 heteroatoms. The Hall–Kier alpha value is -1.18. The van der Waals surface area contributed by atoms with Gasteiger partial charge < -0.3 is 9.47 Å². The zero-order valence-corrected chi connectivity index (χ0v) is 13.3. The summed E-state index contributed by atoms with van der Waals surface area (Å²) in [6, 6.07) is 3.63. The molecule has 1 aliphatic carbocycles. The predicted octanol–water partition coefficient (Wildman–Crippen LogP) is 2.17. The number of methoxy groups -OCH3 is 1. The van der Waals surface area contributed by atoms with Gasteiger partial charge >= 0.3 is 0 Å². The van der Waals surface area contributed by atoms with Crippen molar-refractivity contribution in [2.75, 3.05) is 20.3 Å². The fourth-order valence-electron chi connectivity index (χ4n) is 3.30. The average Bonchev–Trinajstić information content (AvgIpc) is 2.54. The maximum atomic E-state index is 13.8. The first-order valence-electron chi connectivity index (χ1n) is 7.51. The van der Waals surface area contributed by atoms with E-state index in [1.54, 1.807) is 0 Å². The first kappa shape index (κ1) is 15.7. The van der Waals surface area contributed by atoms with Crippen LogP contribution in [0.1, 0.15) is 25.7 Å². The first-order valence-corrected chi connectivity index (χ1v) is 8.95. The molecule has 1 aliphatic heterocycles. The number of fused-ring (bicyclic) bond motifs is 1. The Morgan fingerprint density at radius 2 is 2.09 bits per heavy atom. The Bertz CT molecular complexity index is 647. The van der Waals surface area contributed by atoms with Crippen LogP contribution in [-0.4, -0.2) is 45.1 Å². The summed E-state index contributed by atoms with van der Waals surface area (Å²) in [6.45, 7) is 0.705. The minimum absolute atomic E-state index is 0.0305. The molecule has 0 N–H and O–H groups in total. The molecule has 2 aliphatic rings. The molecular weight excluding hydrogens is 309 g/mol. The van der Waals surface area contributed by atoms with Crippen molar-refractivity contribution in [3.63, 3.8) is 0 Å². The Morgan fingerprint density at radius 3 is 2.82 bits per heavy atom. The lowest BCUT2D eigenvalue weighted by Crippen LogP contribution is -2.54. The number of halogens is 1. The summed E-state index contributed by atoms with van der Waals surface area (Å²) in [6.07, 6.45) is 3.69. The highest BCUT2D eigenvalue weighted by Crippen LogP contribution is 2.33. The monoisotopic (exact) mass is 329 g/mol. The summed E-state index contributed by atoms with van der Waals surface area (Å²) >= 11 is 0. The van der Waals surface area contributed by atoms with Gasteiger partial charge in [0.2, 0.25) is 10.0 Å². The summed E-state index contributed by atoms with van der Waals surface area (Å²) in [7, 11) is -2.37. The molecular formula is C15H20FNO4S. The fourth-order valence-corrected chi connectivity index (χ4v) is 4.98. The molecule has 5 nitrogen and oxygen atoms in total. The molecule has 122 valence electrons. The number of ether oxygens (including phenoxy) is 2. The van der Waals surface area contributed by atoms with Gasteiger partial charge in [0, 0.05) is 6.54 Å². The van der Waals surface area contributed by atoms with Crippen molar-refractivity contribution in [1.82, 2.24) is 4.31 Å². The van der Waals surface area contributed by atoms with Crippen LogP contribution in [0, 0.1) is 5.82 Å². The quantitative estimate of drug-likeness (QED) is 0.853. The van der Waals surface area contributed by atoms with E-state index in [9.17, 15) is 12.8 Å². The highest BCUT2D eigenvalue weighted by Gasteiger charge is 2.41. The van der Waals surface area contributed by atoms with Gasteiger partial charge in [-0.25, -0.2) is 12.8 Å². The molecule has 1 aromatic rings. The number of morpholine rings is 1. The van der Waals surface area contributed by atoms with E-state index in [4.69, 9.17) is 9.47 Å². The van der Waals surface area contributed by atoms with Crippen molar-refractivity contribution in [1.29, 1.82) is 0 Å². The number of nitrogens with zero attached hydrogens (tertiary/aromatic N) is 1. The van der Waals surface area contributed by atoms with Crippen molar-refractivity contribution >= 4 is 10.0 Å². The fraction of sp³-hybridized carbons (Fsp3) is 0.600. The van der Waals surface area contributed by atoms with Crippen molar-refractivity contribution < 1.29 is 22.3 Å². The van der Waals surface area contributed by atoms with Crippen LogP contribution < -0.4 is 4.74 Å². The van der Waals surface area contributed by atoms with Gasteiger partial charge in [-0.1, -0.05) is 12.8 Å². The second-order valence-electron chi connectivity index (χ2n) is 5.67. The van der Waals surface area contributed by atoms with Crippen LogP contribution >= 0.6 is 0 Å². The maximum Gasteiger partial charge on any atom is 0.243 e. The minimum atomic E-state index is -3.72. The Balaban J connectivity index is 1.92. The molecule has 1 aromatic carbocycles. The molecule has 1 saturated heterocycles. The van der Waals surface area contributed by atoms with Crippen molar-refractivity contribution in [3.8, 4) is 5.75 Å². The smallest absolute Gasteiger partial charge is 0.243 e.